The molecule has 1 fully saturated rings. The summed E-state index contributed by atoms with van der Waals surface area (Å²) in [7, 11) is 0. The van der Waals surface area contributed by atoms with E-state index in [4.69, 9.17) is 0 Å². The van der Waals surface area contributed by atoms with Crippen LogP contribution in [0.1, 0.15) is 47.0 Å². The molecule has 2 unspecified atom stereocenters. The van der Waals surface area contributed by atoms with Crippen LogP contribution in [0.25, 0.3) is 0 Å². The van der Waals surface area contributed by atoms with Crippen LogP contribution in [0.4, 0.5) is 0 Å². The molecule has 0 bridgehead atoms. The summed E-state index contributed by atoms with van der Waals surface area (Å²) in [4.78, 5) is 0. The predicted octanol–water partition coefficient (Wildman–Crippen LogP) is 3.71. The summed E-state index contributed by atoms with van der Waals surface area (Å²) in [5.41, 5.74) is 0. The lowest BCUT2D eigenvalue weighted by Crippen LogP contribution is -2.23. The minimum atomic E-state index is 0.903. The zero-order valence-corrected chi connectivity index (χ0v) is 8.43. The molecule has 0 nitrogen and oxygen atoms in total. The Hall–Kier alpha value is 0. The van der Waals surface area contributed by atoms with E-state index < -0.39 is 0 Å². The predicted molar refractivity (Wildman–Crippen MR) is 50.5 cm³/mol. The molecule has 0 aromatic rings. The Balaban J connectivity index is 2.43. The Labute approximate surface area is 71.4 Å². The zero-order valence-electron chi connectivity index (χ0n) is 8.43. The molecule has 0 saturated heterocycles. The fraction of sp³-hybridized carbons (Fsp3) is 1.00. The maximum atomic E-state index is 2.41. The molecular formula is C11H22. The first kappa shape index (κ1) is 9.09. The van der Waals surface area contributed by atoms with Gasteiger partial charge in [-0.1, -0.05) is 27.7 Å². The second-order valence-corrected chi connectivity index (χ2v) is 4.92. The summed E-state index contributed by atoms with van der Waals surface area (Å²) in [5.74, 6) is 3.87. The average molecular weight is 154 g/mol. The number of hydrogen-bond acceptors (Lipinski definition) is 0. The Morgan fingerprint density at radius 3 is 1.73 bits per heavy atom. The minimum absolute atomic E-state index is 0.903. The zero-order chi connectivity index (χ0) is 8.43. The van der Waals surface area contributed by atoms with Gasteiger partial charge in [-0.05, 0) is 42.9 Å². The van der Waals surface area contributed by atoms with Crippen molar-refractivity contribution in [2.45, 2.75) is 47.0 Å². The standard InChI is InChI=1S/C11H22/c1-8(2)11-6-9(3)5-10(4)7-11/h8-11H,5-7H2,1-4H3. The van der Waals surface area contributed by atoms with Crippen molar-refractivity contribution in [3.8, 4) is 0 Å². The van der Waals surface area contributed by atoms with Crippen molar-refractivity contribution in [1.29, 1.82) is 0 Å². The monoisotopic (exact) mass is 154 g/mol. The molecule has 1 rings (SSSR count). The van der Waals surface area contributed by atoms with Crippen molar-refractivity contribution >= 4 is 0 Å². The van der Waals surface area contributed by atoms with Crippen LogP contribution in [0, 0.1) is 23.7 Å². The van der Waals surface area contributed by atoms with Crippen LogP contribution in [0.5, 0.6) is 0 Å². The SMILES string of the molecule is CC1CC(C)CC(C(C)C)C1. The van der Waals surface area contributed by atoms with Gasteiger partial charge >= 0.3 is 0 Å². The van der Waals surface area contributed by atoms with Crippen molar-refractivity contribution in [2.24, 2.45) is 23.7 Å². The van der Waals surface area contributed by atoms with Gasteiger partial charge in [0.05, 0.1) is 0 Å². The van der Waals surface area contributed by atoms with Gasteiger partial charge in [-0.25, -0.2) is 0 Å². The molecule has 0 N–H and O–H groups in total. The third-order valence-electron chi connectivity index (χ3n) is 3.16. The normalized spacial score (nSPS) is 39.5. The molecule has 1 aliphatic rings. The smallest absolute Gasteiger partial charge is 0.0386 e. The van der Waals surface area contributed by atoms with Crippen LogP contribution >= 0.6 is 0 Å². The van der Waals surface area contributed by atoms with Gasteiger partial charge < -0.3 is 0 Å². The lowest BCUT2D eigenvalue weighted by molar-refractivity contribution is 0.176. The molecule has 66 valence electrons. The van der Waals surface area contributed by atoms with Gasteiger partial charge in [0.2, 0.25) is 0 Å². The van der Waals surface area contributed by atoms with E-state index in [1.165, 1.54) is 19.3 Å². The van der Waals surface area contributed by atoms with E-state index in [-0.39, 0.29) is 0 Å². The maximum absolute atomic E-state index is 2.41. The number of rotatable bonds is 1. The first-order valence-electron chi connectivity index (χ1n) is 5.09. The summed E-state index contributed by atoms with van der Waals surface area (Å²) >= 11 is 0. The fourth-order valence-electron chi connectivity index (χ4n) is 2.55. The maximum Gasteiger partial charge on any atom is -0.0386 e. The van der Waals surface area contributed by atoms with E-state index in [0.29, 0.717) is 0 Å². The summed E-state index contributed by atoms with van der Waals surface area (Å²) in [6, 6.07) is 0. The van der Waals surface area contributed by atoms with Crippen LogP contribution in [0.2, 0.25) is 0 Å². The van der Waals surface area contributed by atoms with Crippen molar-refractivity contribution in [3.05, 3.63) is 0 Å². The van der Waals surface area contributed by atoms with Gasteiger partial charge in [0.25, 0.3) is 0 Å². The molecule has 2 atom stereocenters. The molecule has 1 saturated carbocycles. The third-order valence-corrected chi connectivity index (χ3v) is 3.16. The van der Waals surface area contributed by atoms with Gasteiger partial charge in [-0.2, -0.15) is 0 Å². The summed E-state index contributed by atoms with van der Waals surface area (Å²) in [6.45, 7) is 9.56. The van der Waals surface area contributed by atoms with Gasteiger partial charge in [0.15, 0.2) is 0 Å². The van der Waals surface area contributed by atoms with Crippen LogP contribution < -0.4 is 0 Å². The van der Waals surface area contributed by atoms with E-state index in [9.17, 15) is 0 Å². The Morgan fingerprint density at radius 2 is 1.36 bits per heavy atom. The Morgan fingerprint density at radius 1 is 0.909 bits per heavy atom. The van der Waals surface area contributed by atoms with E-state index in [1.54, 1.807) is 0 Å². The lowest BCUT2D eigenvalue weighted by atomic mass is 9.72. The molecule has 0 radical (unpaired) electrons. The van der Waals surface area contributed by atoms with Crippen LogP contribution in [0.3, 0.4) is 0 Å². The number of hydrogen-bond donors (Lipinski definition) is 0. The van der Waals surface area contributed by atoms with E-state index >= 15 is 0 Å². The van der Waals surface area contributed by atoms with Crippen molar-refractivity contribution < 1.29 is 0 Å². The third kappa shape index (κ3) is 2.50. The first-order valence-corrected chi connectivity index (χ1v) is 5.09. The second kappa shape index (κ2) is 3.60. The quantitative estimate of drug-likeness (QED) is 0.540. The molecule has 0 aromatic carbocycles. The first-order chi connectivity index (χ1) is 5.09. The van der Waals surface area contributed by atoms with E-state index in [1.807, 2.05) is 0 Å². The van der Waals surface area contributed by atoms with Gasteiger partial charge in [0.1, 0.15) is 0 Å². The molecule has 1 aliphatic carbocycles. The van der Waals surface area contributed by atoms with Crippen molar-refractivity contribution in [2.75, 3.05) is 0 Å². The van der Waals surface area contributed by atoms with Gasteiger partial charge in [-0.3, -0.25) is 0 Å². The minimum Gasteiger partial charge on any atom is -0.0625 e. The van der Waals surface area contributed by atoms with Crippen LogP contribution in [0.15, 0.2) is 0 Å². The average Bonchev–Trinajstić information content (AvgIpc) is 1.85. The highest BCUT2D eigenvalue weighted by Gasteiger charge is 2.25. The molecule has 0 spiro atoms. The lowest BCUT2D eigenvalue weighted by Gasteiger charge is -2.33. The largest absolute Gasteiger partial charge is 0.0625 e. The highest BCUT2D eigenvalue weighted by Crippen LogP contribution is 2.36. The highest BCUT2D eigenvalue weighted by molar-refractivity contribution is 4.76. The van der Waals surface area contributed by atoms with E-state index in [0.717, 1.165) is 23.7 Å². The van der Waals surface area contributed by atoms with Crippen LogP contribution in [-0.4, -0.2) is 0 Å². The Bertz CT molecular complexity index is 105. The molecule has 0 amide bonds. The highest BCUT2D eigenvalue weighted by atomic mass is 14.3. The fourth-order valence-corrected chi connectivity index (χ4v) is 2.55. The molecule has 11 heavy (non-hydrogen) atoms. The molecule has 0 heteroatoms. The van der Waals surface area contributed by atoms with Crippen LogP contribution in [-0.2, 0) is 0 Å². The summed E-state index contributed by atoms with van der Waals surface area (Å²) in [6.07, 6.45) is 4.41. The van der Waals surface area contributed by atoms with Gasteiger partial charge in [-0.15, -0.1) is 0 Å². The second-order valence-electron chi connectivity index (χ2n) is 4.92. The molecule has 0 aromatic heterocycles. The molecule has 0 heterocycles. The molecule has 0 aliphatic heterocycles. The van der Waals surface area contributed by atoms with Gasteiger partial charge in [0, 0.05) is 0 Å². The van der Waals surface area contributed by atoms with Crippen molar-refractivity contribution in [1.82, 2.24) is 0 Å². The topological polar surface area (TPSA) is 0 Å². The Kier molecular flexibility index (Phi) is 2.98. The molecular weight excluding hydrogens is 132 g/mol. The van der Waals surface area contributed by atoms with E-state index in [2.05, 4.69) is 27.7 Å². The van der Waals surface area contributed by atoms with Crippen molar-refractivity contribution in [3.63, 3.8) is 0 Å². The summed E-state index contributed by atoms with van der Waals surface area (Å²) < 4.78 is 0. The summed E-state index contributed by atoms with van der Waals surface area (Å²) in [5, 5.41) is 0.